The van der Waals surface area contributed by atoms with Crippen LogP contribution in [0.15, 0.2) is 34.3 Å². The molecular formula is C21H27N5O5S2. The lowest BCUT2D eigenvalue weighted by Gasteiger charge is -2.31. The molecule has 3 aliphatic rings. The molecule has 3 heterocycles. The van der Waals surface area contributed by atoms with E-state index >= 15 is 0 Å². The number of carbonyl (C=O) groups is 2. The average molecular weight is 494 g/mol. The summed E-state index contributed by atoms with van der Waals surface area (Å²) in [5.74, 6) is 0.191. The number of nitrogens with two attached hydrogens (primary N) is 1. The standard InChI is InChI=1S/C21H27N5O5S2/c1-3-32-33-11(2)12-6-4-5-7-13(12)20(29)31-14-8-16(30-15(14)9-27)26-10-23-17-18(26)24-21(22)25-19(17)28/h4-7,10-11,14-18,27H,3,8-9H2,1-2H3,(H3,22,24,25,28)/t11?,14?,15-,16-,17?,18?/m1/s1. The summed E-state index contributed by atoms with van der Waals surface area (Å²) in [6.45, 7) is 3.82. The summed E-state index contributed by atoms with van der Waals surface area (Å²) in [7, 11) is 3.44. The van der Waals surface area contributed by atoms with E-state index in [-0.39, 0.29) is 23.7 Å². The van der Waals surface area contributed by atoms with Crippen LogP contribution in [0, 0.1) is 0 Å². The van der Waals surface area contributed by atoms with Gasteiger partial charge in [0.15, 0.2) is 18.2 Å². The number of hydrogen-bond acceptors (Lipinski definition) is 11. The Morgan fingerprint density at radius 3 is 3.00 bits per heavy atom. The molecule has 33 heavy (non-hydrogen) atoms. The van der Waals surface area contributed by atoms with Crippen molar-refractivity contribution in [2.24, 2.45) is 15.7 Å². The number of fused-ring (bicyclic) bond motifs is 1. The predicted octanol–water partition coefficient (Wildman–Crippen LogP) is 1.26. The van der Waals surface area contributed by atoms with Crippen LogP contribution in [0.1, 0.15) is 41.4 Å². The van der Waals surface area contributed by atoms with Gasteiger partial charge in [-0.15, -0.1) is 0 Å². The molecule has 4 rings (SSSR count). The molecule has 6 atom stereocenters. The molecule has 12 heteroatoms. The van der Waals surface area contributed by atoms with Crippen LogP contribution in [0.2, 0.25) is 0 Å². The van der Waals surface area contributed by atoms with Crippen molar-refractivity contribution in [3.8, 4) is 0 Å². The normalized spacial score (nSPS) is 29.4. The van der Waals surface area contributed by atoms with E-state index in [0.717, 1.165) is 11.3 Å². The minimum absolute atomic E-state index is 0.0151. The fourth-order valence-corrected chi connectivity index (χ4v) is 6.03. The summed E-state index contributed by atoms with van der Waals surface area (Å²) in [6.07, 6.45) is -0.792. The lowest BCUT2D eigenvalue weighted by molar-refractivity contribution is -0.123. The number of nitrogens with one attached hydrogen (secondary N) is 1. The fraction of sp³-hybridized carbons (Fsp3) is 0.524. The number of ether oxygens (including phenoxy) is 2. The van der Waals surface area contributed by atoms with Gasteiger partial charge in [0.05, 0.1) is 18.5 Å². The van der Waals surface area contributed by atoms with Crippen molar-refractivity contribution in [1.29, 1.82) is 0 Å². The molecule has 178 valence electrons. The van der Waals surface area contributed by atoms with Gasteiger partial charge in [-0.25, -0.2) is 9.79 Å². The van der Waals surface area contributed by atoms with Crippen LogP contribution in [0.3, 0.4) is 0 Å². The molecule has 3 aliphatic heterocycles. The SMILES string of the molecule is CCSSC(C)c1ccccc1C(=O)OC1C[C@H](N2C=NC3C(=O)NC(N)=NC32)O[C@@H]1CO. The summed E-state index contributed by atoms with van der Waals surface area (Å²) in [4.78, 5) is 35.4. The van der Waals surface area contributed by atoms with Crippen LogP contribution in [0.25, 0.3) is 0 Å². The number of aliphatic hydroxyl groups excluding tert-OH is 1. The Hall–Kier alpha value is -2.28. The molecule has 4 unspecified atom stereocenters. The van der Waals surface area contributed by atoms with Crippen LogP contribution in [0.4, 0.5) is 0 Å². The van der Waals surface area contributed by atoms with E-state index in [1.54, 1.807) is 38.6 Å². The molecule has 0 spiro atoms. The molecule has 0 radical (unpaired) electrons. The zero-order valence-corrected chi connectivity index (χ0v) is 19.9. The van der Waals surface area contributed by atoms with E-state index in [1.807, 2.05) is 12.1 Å². The van der Waals surface area contributed by atoms with Crippen molar-refractivity contribution in [2.75, 3.05) is 12.4 Å². The Labute approximate surface area is 199 Å². The van der Waals surface area contributed by atoms with Crippen molar-refractivity contribution in [3.05, 3.63) is 35.4 Å². The molecule has 0 saturated carbocycles. The number of aliphatic imine (C=N–C) groups is 2. The maximum absolute atomic E-state index is 13.1. The number of benzene rings is 1. The third kappa shape index (κ3) is 4.98. The Balaban J connectivity index is 1.46. The van der Waals surface area contributed by atoms with Crippen LogP contribution in [-0.4, -0.2) is 77.2 Å². The second kappa shape index (κ2) is 10.3. The first kappa shape index (κ1) is 23.9. The molecule has 4 N–H and O–H groups in total. The van der Waals surface area contributed by atoms with E-state index in [4.69, 9.17) is 15.2 Å². The monoisotopic (exact) mass is 493 g/mol. The Kier molecular flexibility index (Phi) is 7.47. The smallest absolute Gasteiger partial charge is 0.338 e. The van der Waals surface area contributed by atoms with Crippen LogP contribution in [0.5, 0.6) is 0 Å². The van der Waals surface area contributed by atoms with Crippen molar-refractivity contribution in [2.45, 2.75) is 56.2 Å². The molecule has 1 saturated heterocycles. The Morgan fingerprint density at radius 2 is 2.24 bits per heavy atom. The highest BCUT2D eigenvalue weighted by atomic mass is 33.1. The molecule has 0 bridgehead atoms. The summed E-state index contributed by atoms with van der Waals surface area (Å²) < 4.78 is 11.8. The van der Waals surface area contributed by atoms with Gasteiger partial charge >= 0.3 is 5.97 Å². The van der Waals surface area contributed by atoms with Gasteiger partial charge in [-0.05, 0) is 18.6 Å². The van der Waals surface area contributed by atoms with Crippen molar-refractivity contribution in [1.82, 2.24) is 10.2 Å². The quantitative estimate of drug-likeness (QED) is 0.361. The topological polar surface area (TPSA) is 139 Å². The van der Waals surface area contributed by atoms with Gasteiger partial charge in [-0.1, -0.05) is 46.7 Å². The summed E-state index contributed by atoms with van der Waals surface area (Å²) >= 11 is 0. The molecule has 0 aromatic heterocycles. The Morgan fingerprint density at radius 1 is 1.45 bits per heavy atom. The summed E-state index contributed by atoms with van der Waals surface area (Å²) in [5, 5.41) is 12.4. The predicted molar refractivity (Wildman–Crippen MR) is 128 cm³/mol. The van der Waals surface area contributed by atoms with Crippen molar-refractivity contribution >= 4 is 45.8 Å². The lowest BCUT2D eigenvalue weighted by atomic mass is 10.0. The van der Waals surface area contributed by atoms with Gasteiger partial charge in [0, 0.05) is 17.4 Å². The van der Waals surface area contributed by atoms with E-state index in [9.17, 15) is 14.7 Å². The van der Waals surface area contributed by atoms with Gasteiger partial charge in [-0.2, -0.15) is 0 Å². The van der Waals surface area contributed by atoms with Crippen molar-refractivity contribution in [3.63, 3.8) is 0 Å². The third-order valence-electron chi connectivity index (χ3n) is 5.64. The molecule has 1 fully saturated rings. The maximum Gasteiger partial charge on any atom is 0.338 e. The molecule has 1 amide bonds. The second-order valence-electron chi connectivity index (χ2n) is 7.80. The van der Waals surface area contributed by atoms with E-state index in [2.05, 4.69) is 29.1 Å². The van der Waals surface area contributed by atoms with E-state index in [1.165, 1.54) is 6.34 Å². The molecule has 10 nitrogen and oxygen atoms in total. The largest absolute Gasteiger partial charge is 0.456 e. The number of amides is 1. The molecule has 0 aliphatic carbocycles. The number of guanidine groups is 1. The zero-order chi connectivity index (χ0) is 23.5. The van der Waals surface area contributed by atoms with Gasteiger partial charge in [-0.3, -0.25) is 15.1 Å². The van der Waals surface area contributed by atoms with Crippen LogP contribution < -0.4 is 11.1 Å². The van der Waals surface area contributed by atoms with E-state index in [0.29, 0.717) is 12.0 Å². The van der Waals surface area contributed by atoms with Gasteiger partial charge in [0.25, 0.3) is 5.91 Å². The number of hydrogen-bond donors (Lipinski definition) is 3. The first-order valence-corrected chi connectivity index (χ1v) is 13.1. The number of esters is 1. The number of rotatable bonds is 8. The van der Waals surface area contributed by atoms with Crippen molar-refractivity contribution < 1.29 is 24.2 Å². The molecule has 1 aromatic rings. The minimum Gasteiger partial charge on any atom is -0.456 e. The highest BCUT2D eigenvalue weighted by Gasteiger charge is 2.47. The van der Waals surface area contributed by atoms with Crippen LogP contribution in [-0.2, 0) is 14.3 Å². The third-order valence-corrected chi connectivity index (χ3v) is 8.54. The number of nitrogens with zero attached hydrogens (tertiary/aromatic N) is 3. The molecular weight excluding hydrogens is 466 g/mol. The zero-order valence-electron chi connectivity index (χ0n) is 18.3. The maximum atomic E-state index is 13.1. The first-order chi connectivity index (χ1) is 15.9. The number of aliphatic hydroxyl groups is 1. The van der Waals surface area contributed by atoms with Gasteiger partial charge in [0.1, 0.15) is 18.4 Å². The summed E-state index contributed by atoms with van der Waals surface area (Å²) in [5.41, 5.74) is 7.10. The minimum atomic E-state index is -0.720. The van der Waals surface area contributed by atoms with E-state index < -0.39 is 36.6 Å². The summed E-state index contributed by atoms with van der Waals surface area (Å²) in [6, 6.07) is 6.67. The van der Waals surface area contributed by atoms with Gasteiger partial charge in [0.2, 0.25) is 0 Å². The first-order valence-electron chi connectivity index (χ1n) is 10.7. The number of carbonyl (C=O) groups excluding carboxylic acids is 2. The second-order valence-corrected chi connectivity index (χ2v) is 10.8. The highest BCUT2D eigenvalue weighted by Crippen LogP contribution is 2.39. The average Bonchev–Trinajstić information content (AvgIpc) is 3.41. The van der Waals surface area contributed by atoms with Crippen LogP contribution >= 0.6 is 21.6 Å². The highest BCUT2D eigenvalue weighted by molar-refractivity contribution is 8.76. The molecule has 1 aromatic carbocycles. The lowest BCUT2D eigenvalue weighted by Crippen LogP contribution is -2.55. The Bertz CT molecular complexity index is 961. The fourth-order valence-electron chi connectivity index (χ4n) is 4.05. The van der Waals surface area contributed by atoms with Gasteiger partial charge < -0.3 is 25.2 Å².